The number of ether oxygens (including phenoxy) is 5. The number of amides is 2. The molecule has 0 saturated carbocycles. The van der Waals surface area contributed by atoms with Gasteiger partial charge in [-0.25, -0.2) is 4.79 Å². The average molecular weight is 649 g/mol. The Hall–Kier alpha value is -3.12. The predicted molar refractivity (Wildman–Crippen MR) is 168 cm³/mol. The molecule has 0 aliphatic carbocycles. The minimum Gasteiger partial charge on any atom is -0.495 e. The number of hydrogen-bond donors (Lipinski definition) is 2. The number of allylic oxidation sites excluding steroid dienone is 3. The van der Waals surface area contributed by atoms with Crippen molar-refractivity contribution in [3.05, 3.63) is 46.5 Å². The lowest BCUT2D eigenvalue weighted by atomic mass is 9.83. The number of esters is 1. The van der Waals surface area contributed by atoms with Crippen LogP contribution in [0.5, 0.6) is 5.75 Å². The second-order valence-electron chi connectivity index (χ2n) is 12.9. The zero-order valence-corrected chi connectivity index (χ0v) is 28.0. The molecular formula is C33H45ClN2O9. The van der Waals surface area contributed by atoms with E-state index in [0.717, 1.165) is 11.1 Å². The van der Waals surface area contributed by atoms with Crippen LogP contribution in [0, 0.1) is 11.8 Å². The van der Waals surface area contributed by atoms with Crippen LogP contribution in [0.1, 0.15) is 59.4 Å². The first kappa shape index (κ1) is 34.7. The van der Waals surface area contributed by atoms with Crippen molar-refractivity contribution in [1.29, 1.82) is 0 Å². The second kappa shape index (κ2) is 13.7. The summed E-state index contributed by atoms with van der Waals surface area (Å²) in [5.74, 6) is -0.779. The first-order valence-corrected chi connectivity index (χ1v) is 15.6. The Kier molecular flexibility index (Phi) is 10.6. The molecule has 7 atom stereocenters. The highest BCUT2D eigenvalue weighted by Crippen LogP contribution is 2.49. The van der Waals surface area contributed by atoms with Crippen LogP contribution in [-0.4, -0.2) is 80.1 Å². The van der Waals surface area contributed by atoms with Crippen molar-refractivity contribution in [2.75, 3.05) is 26.2 Å². The molecule has 11 nitrogen and oxygen atoms in total. The van der Waals surface area contributed by atoms with Gasteiger partial charge in [-0.1, -0.05) is 56.2 Å². The van der Waals surface area contributed by atoms with Crippen molar-refractivity contribution in [1.82, 2.24) is 5.32 Å². The highest BCUT2D eigenvalue weighted by Gasteiger charge is 2.64. The molecule has 2 fully saturated rings. The third kappa shape index (κ3) is 7.65. The summed E-state index contributed by atoms with van der Waals surface area (Å²) in [5, 5.41) is 14.4. The molecule has 4 rings (SSSR count). The summed E-state index contributed by atoms with van der Waals surface area (Å²) in [6.45, 7) is 9.36. The number of hydrogen-bond acceptors (Lipinski definition) is 9. The number of aliphatic hydroxyl groups is 1. The van der Waals surface area contributed by atoms with Crippen LogP contribution in [0.2, 0.25) is 5.02 Å². The SMILES string of the molecule is COc1cc2cc(c1Cl)N(C)C(=O)CC(OC(=O)CC(C)C)[C@]1(C)O[C@H]1[C@H](C)[C@@H]1C[C@@](O)(NC(=O)O1)[C@H](OC)/C=C\C=C(\C)C2. The number of nitrogens with zero attached hydrogens (tertiary/aromatic N) is 1. The number of methoxy groups -OCH3 is 2. The Morgan fingerprint density at radius 1 is 1.27 bits per heavy atom. The minimum atomic E-state index is -1.77. The lowest BCUT2D eigenvalue weighted by molar-refractivity contribution is -0.154. The largest absolute Gasteiger partial charge is 0.495 e. The van der Waals surface area contributed by atoms with E-state index in [2.05, 4.69) is 5.32 Å². The number of benzene rings is 1. The fourth-order valence-electron chi connectivity index (χ4n) is 6.15. The zero-order chi connectivity index (χ0) is 33.3. The molecule has 0 aromatic heterocycles. The van der Waals surface area contributed by atoms with Crippen molar-refractivity contribution < 1.29 is 43.2 Å². The molecule has 3 aliphatic rings. The lowest BCUT2D eigenvalue weighted by Gasteiger charge is -2.42. The Labute approximate surface area is 269 Å². The van der Waals surface area contributed by atoms with Crippen LogP contribution in [0.3, 0.4) is 0 Å². The van der Waals surface area contributed by atoms with Gasteiger partial charge in [0.2, 0.25) is 5.91 Å². The Bertz CT molecular complexity index is 1360. The maximum atomic E-state index is 13.8. The van der Waals surface area contributed by atoms with E-state index < -0.39 is 53.7 Å². The number of anilines is 1. The molecule has 248 valence electrons. The first-order chi connectivity index (χ1) is 21.1. The molecule has 12 heteroatoms. The van der Waals surface area contributed by atoms with Gasteiger partial charge in [0.15, 0.2) is 5.72 Å². The van der Waals surface area contributed by atoms with Crippen molar-refractivity contribution >= 4 is 35.3 Å². The molecule has 2 saturated heterocycles. The maximum Gasteiger partial charge on any atom is 0.409 e. The number of carbonyl (C=O) groups excluding carboxylic acids is 3. The summed E-state index contributed by atoms with van der Waals surface area (Å²) in [6, 6.07) is 3.64. The number of rotatable bonds is 5. The molecule has 1 unspecified atom stereocenters. The van der Waals surface area contributed by atoms with Crippen molar-refractivity contribution in [3.8, 4) is 5.75 Å². The minimum absolute atomic E-state index is 0.00495. The van der Waals surface area contributed by atoms with Gasteiger partial charge in [0.1, 0.15) is 34.7 Å². The van der Waals surface area contributed by atoms with Crippen LogP contribution in [0.25, 0.3) is 0 Å². The molecular weight excluding hydrogens is 604 g/mol. The van der Waals surface area contributed by atoms with Gasteiger partial charge in [-0.05, 0) is 43.9 Å². The van der Waals surface area contributed by atoms with E-state index in [4.69, 9.17) is 35.3 Å². The van der Waals surface area contributed by atoms with Crippen LogP contribution in [0.4, 0.5) is 10.5 Å². The number of carbonyl (C=O) groups is 3. The zero-order valence-electron chi connectivity index (χ0n) is 27.2. The van der Waals surface area contributed by atoms with Crippen LogP contribution in [0.15, 0.2) is 35.9 Å². The predicted octanol–water partition coefficient (Wildman–Crippen LogP) is 4.71. The fraction of sp³-hybridized carbons (Fsp3) is 0.606. The van der Waals surface area contributed by atoms with Gasteiger partial charge in [-0.15, -0.1) is 0 Å². The van der Waals surface area contributed by atoms with Crippen LogP contribution in [-0.2, 0) is 35.0 Å². The van der Waals surface area contributed by atoms with Gasteiger partial charge in [0.05, 0.1) is 25.3 Å². The Morgan fingerprint density at radius 3 is 2.62 bits per heavy atom. The van der Waals surface area contributed by atoms with E-state index in [1.54, 1.807) is 26.1 Å². The molecule has 45 heavy (non-hydrogen) atoms. The highest BCUT2D eigenvalue weighted by molar-refractivity contribution is 6.35. The van der Waals surface area contributed by atoms with Gasteiger partial charge in [-0.3, -0.25) is 14.9 Å². The number of nitrogens with one attached hydrogen (secondary N) is 1. The van der Waals surface area contributed by atoms with Gasteiger partial charge in [0.25, 0.3) is 0 Å². The molecule has 0 radical (unpaired) electrons. The Morgan fingerprint density at radius 2 is 1.98 bits per heavy atom. The molecule has 3 heterocycles. The van der Waals surface area contributed by atoms with Crippen molar-refractivity contribution in [2.24, 2.45) is 11.8 Å². The van der Waals surface area contributed by atoms with E-state index in [-0.39, 0.29) is 36.1 Å². The van der Waals surface area contributed by atoms with Crippen molar-refractivity contribution in [3.63, 3.8) is 0 Å². The van der Waals surface area contributed by atoms with Gasteiger partial charge >= 0.3 is 12.1 Å². The first-order valence-electron chi connectivity index (χ1n) is 15.2. The molecule has 3 aliphatic heterocycles. The Balaban J connectivity index is 1.79. The third-order valence-electron chi connectivity index (χ3n) is 8.80. The van der Waals surface area contributed by atoms with Gasteiger partial charge in [-0.2, -0.15) is 0 Å². The lowest BCUT2D eigenvalue weighted by Crippen LogP contribution is -2.63. The number of epoxide rings is 1. The summed E-state index contributed by atoms with van der Waals surface area (Å²) in [6.07, 6.45) is 1.84. The van der Waals surface area contributed by atoms with E-state index >= 15 is 0 Å². The average Bonchev–Trinajstić information content (AvgIpc) is 3.65. The maximum absolute atomic E-state index is 13.8. The molecule has 2 amide bonds. The van der Waals surface area contributed by atoms with E-state index in [9.17, 15) is 19.5 Å². The van der Waals surface area contributed by atoms with Gasteiger partial charge in [0, 0.05) is 32.9 Å². The monoisotopic (exact) mass is 648 g/mol. The standard InChI is InChI=1S/C33H45ClN2O9/c1-18(2)12-28(38)44-26-16-27(37)36(6)22-14-21(15-23(41-7)29(22)34)13-19(3)10-9-11-25(42-8)33(40)17-24(43-31(39)35-33)20(4)30-32(26,5)45-30/h9-11,14-15,18,20,24-26,30,40H,12-13,16-17H2,1-8H3,(H,35,39)/b11-9-,19-10-/t20-,24+,25-,26?,30+,32+,33+/m1/s1. The third-order valence-corrected chi connectivity index (χ3v) is 9.18. The summed E-state index contributed by atoms with van der Waals surface area (Å²) < 4.78 is 28.9. The quantitative estimate of drug-likeness (QED) is 0.344. The second-order valence-corrected chi connectivity index (χ2v) is 13.3. The molecule has 0 spiro atoms. The molecule has 1 aromatic carbocycles. The van der Waals surface area contributed by atoms with E-state index in [1.807, 2.05) is 45.9 Å². The van der Waals surface area contributed by atoms with E-state index in [1.165, 1.54) is 19.1 Å². The van der Waals surface area contributed by atoms with Crippen molar-refractivity contribution in [2.45, 2.75) is 96.0 Å². The van der Waals surface area contributed by atoms with Crippen LogP contribution >= 0.6 is 11.6 Å². The molecule has 4 bridgehead atoms. The summed E-state index contributed by atoms with van der Waals surface area (Å²) in [4.78, 5) is 40.9. The smallest absolute Gasteiger partial charge is 0.409 e. The molecule has 2 N–H and O–H groups in total. The fourth-order valence-corrected chi connectivity index (χ4v) is 6.46. The topological polar surface area (TPSA) is 136 Å². The normalized spacial score (nSPS) is 34.2. The number of halogens is 1. The number of alkyl carbamates (subject to hydrolysis) is 1. The summed E-state index contributed by atoms with van der Waals surface area (Å²) >= 11 is 6.70. The van der Waals surface area contributed by atoms with Crippen LogP contribution < -0.4 is 15.0 Å². The molecule has 1 aromatic rings. The summed E-state index contributed by atoms with van der Waals surface area (Å²) in [5.41, 5.74) is -0.578. The number of fused-ring (bicyclic) bond motifs is 5. The highest BCUT2D eigenvalue weighted by atomic mass is 35.5. The van der Waals surface area contributed by atoms with E-state index in [0.29, 0.717) is 17.9 Å². The summed E-state index contributed by atoms with van der Waals surface area (Å²) in [7, 11) is 4.57. The van der Waals surface area contributed by atoms with Gasteiger partial charge < -0.3 is 33.7 Å².